The molecular formula is C23H27ClN4O2. The number of nitrogens with zero attached hydrogens (tertiary/aromatic N) is 1. The molecule has 0 unspecified atom stereocenters. The average Bonchev–Trinajstić information content (AvgIpc) is 3.21. The van der Waals surface area contributed by atoms with E-state index in [0.717, 1.165) is 24.3 Å². The SMILES string of the molecule is CC(C)(C)NC(=O)Nc1ccc(Cl)c(C(=O)NCc2cccc(N3CC=CC3)c2)c1. The van der Waals surface area contributed by atoms with Crippen LogP contribution in [0.1, 0.15) is 36.7 Å². The zero-order chi connectivity index (χ0) is 21.7. The second-order valence-corrected chi connectivity index (χ2v) is 8.66. The van der Waals surface area contributed by atoms with E-state index in [4.69, 9.17) is 11.6 Å². The highest BCUT2D eigenvalue weighted by molar-refractivity contribution is 6.34. The standard InChI is InChI=1S/C23H27ClN4O2/c1-23(2,3)27-22(30)26-17-9-10-20(24)19(14-17)21(29)25-15-16-7-6-8-18(13-16)28-11-4-5-12-28/h4-10,13-14H,11-12,15H2,1-3H3,(H,25,29)(H2,26,27,30). The molecule has 0 spiro atoms. The molecule has 3 rings (SSSR count). The van der Waals surface area contributed by atoms with E-state index < -0.39 is 0 Å². The predicted octanol–water partition coefficient (Wildman–Crippen LogP) is 4.57. The Bertz CT molecular complexity index is 958. The quantitative estimate of drug-likeness (QED) is 0.613. The molecule has 0 aromatic heterocycles. The Balaban J connectivity index is 1.64. The van der Waals surface area contributed by atoms with Crippen LogP contribution in [0.5, 0.6) is 0 Å². The monoisotopic (exact) mass is 426 g/mol. The highest BCUT2D eigenvalue weighted by Gasteiger charge is 2.16. The summed E-state index contributed by atoms with van der Waals surface area (Å²) in [5.41, 5.74) is 2.57. The van der Waals surface area contributed by atoms with Gasteiger partial charge < -0.3 is 20.9 Å². The van der Waals surface area contributed by atoms with E-state index >= 15 is 0 Å². The third-order valence-corrected chi connectivity index (χ3v) is 4.83. The Morgan fingerprint density at radius 3 is 2.50 bits per heavy atom. The Kier molecular flexibility index (Phi) is 6.67. The molecule has 2 aromatic carbocycles. The summed E-state index contributed by atoms with van der Waals surface area (Å²) in [7, 11) is 0. The molecule has 7 heteroatoms. The van der Waals surface area contributed by atoms with Gasteiger partial charge in [-0.25, -0.2) is 4.79 Å². The van der Waals surface area contributed by atoms with Gasteiger partial charge in [-0.1, -0.05) is 35.9 Å². The summed E-state index contributed by atoms with van der Waals surface area (Å²) in [6.45, 7) is 7.85. The van der Waals surface area contributed by atoms with Crippen molar-refractivity contribution in [3.05, 3.63) is 70.8 Å². The highest BCUT2D eigenvalue weighted by atomic mass is 35.5. The first-order valence-corrected chi connectivity index (χ1v) is 10.2. The van der Waals surface area contributed by atoms with E-state index in [2.05, 4.69) is 45.1 Å². The van der Waals surface area contributed by atoms with Crippen molar-refractivity contribution in [2.24, 2.45) is 0 Å². The van der Waals surface area contributed by atoms with Crippen molar-refractivity contribution in [3.63, 3.8) is 0 Å². The Morgan fingerprint density at radius 2 is 1.80 bits per heavy atom. The summed E-state index contributed by atoms with van der Waals surface area (Å²) < 4.78 is 0. The normalized spacial score (nSPS) is 13.3. The smallest absolute Gasteiger partial charge is 0.319 e. The molecule has 0 radical (unpaired) electrons. The molecule has 1 aliphatic rings. The van der Waals surface area contributed by atoms with Gasteiger partial charge in [0.25, 0.3) is 5.91 Å². The summed E-state index contributed by atoms with van der Waals surface area (Å²) >= 11 is 6.22. The van der Waals surface area contributed by atoms with Gasteiger partial charge in [-0.2, -0.15) is 0 Å². The third kappa shape index (κ3) is 6.00. The third-order valence-electron chi connectivity index (χ3n) is 4.50. The second kappa shape index (κ2) is 9.22. The molecule has 0 aliphatic carbocycles. The number of benzene rings is 2. The molecule has 3 amide bonds. The fraction of sp³-hybridized carbons (Fsp3) is 0.304. The van der Waals surface area contributed by atoms with Crippen molar-refractivity contribution in [2.45, 2.75) is 32.9 Å². The van der Waals surface area contributed by atoms with E-state index in [9.17, 15) is 9.59 Å². The van der Waals surface area contributed by atoms with E-state index in [1.54, 1.807) is 18.2 Å². The summed E-state index contributed by atoms with van der Waals surface area (Å²) in [6, 6.07) is 12.6. The summed E-state index contributed by atoms with van der Waals surface area (Å²) in [5.74, 6) is -0.298. The molecule has 0 fully saturated rings. The van der Waals surface area contributed by atoms with Crippen LogP contribution < -0.4 is 20.9 Å². The van der Waals surface area contributed by atoms with Gasteiger partial charge in [0.15, 0.2) is 0 Å². The minimum atomic E-state index is -0.365. The number of hydrogen-bond donors (Lipinski definition) is 3. The van der Waals surface area contributed by atoms with Gasteiger partial charge in [-0.05, 0) is 56.7 Å². The van der Waals surface area contributed by atoms with Crippen LogP contribution in [0.25, 0.3) is 0 Å². The number of halogens is 1. The van der Waals surface area contributed by atoms with Crippen LogP contribution >= 0.6 is 11.6 Å². The number of carbonyl (C=O) groups is 2. The first kappa shape index (κ1) is 21.7. The lowest BCUT2D eigenvalue weighted by Crippen LogP contribution is -2.43. The van der Waals surface area contributed by atoms with Crippen molar-refractivity contribution in [1.29, 1.82) is 0 Å². The number of anilines is 2. The van der Waals surface area contributed by atoms with E-state index in [1.165, 1.54) is 0 Å². The van der Waals surface area contributed by atoms with Gasteiger partial charge >= 0.3 is 6.03 Å². The topological polar surface area (TPSA) is 73.5 Å². The Hall–Kier alpha value is -2.99. The highest BCUT2D eigenvalue weighted by Crippen LogP contribution is 2.22. The molecule has 1 aliphatic heterocycles. The molecule has 0 bridgehead atoms. The van der Waals surface area contributed by atoms with E-state index in [1.807, 2.05) is 32.9 Å². The van der Waals surface area contributed by atoms with E-state index in [0.29, 0.717) is 22.8 Å². The van der Waals surface area contributed by atoms with Crippen molar-refractivity contribution < 1.29 is 9.59 Å². The fourth-order valence-corrected chi connectivity index (χ4v) is 3.31. The first-order chi connectivity index (χ1) is 14.2. The van der Waals surface area contributed by atoms with Crippen molar-refractivity contribution in [2.75, 3.05) is 23.3 Å². The minimum Gasteiger partial charge on any atom is -0.364 e. The largest absolute Gasteiger partial charge is 0.364 e. The zero-order valence-corrected chi connectivity index (χ0v) is 18.2. The van der Waals surface area contributed by atoms with Crippen LogP contribution in [0.4, 0.5) is 16.2 Å². The lowest BCUT2D eigenvalue weighted by atomic mass is 10.1. The van der Waals surface area contributed by atoms with Gasteiger partial charge in [0.2, 0.25) is 0 Å². The van der Waals surface area contributed by atoms with Crippen LogP contribution in [-0.4, -0.2) is 30.6 Å². The minimum absolute atomic E-state index is 0.298. The van der Waals surface area contributed by atoms with Gasteiger partial charge in [0, 0.05) is 36.5 Å². The van der Waals surface area contributed by atoms with Gasteiger partial charge in [-0.3, -0.25) is 4.79 Å². The second-order valence-electron chi connectivity index (χ2n) is 8.25. The maximum atomic E-state index is 12.7. The number of nitrogens with one attached hydrogen (secondary N) is 3. The molecule has 0 saturated heterocycles. The molecule has 1 heterocycles. The van der Waals surface area contributed by atoms with Crippen LogP contribution in [0, 0.1) is 0 Å². The molecule has 3 N–H and O–H groups in total. The average molecular weight is 427 g/mol. The van der Waals surface area contributed by atoms with E-state index in [-0.39, 0.29) is 17.5 Å². The summed E-state index contributed by atoms with van der Waals surface area (Å²) in [6.07, 6.45) is 4.28. The molecule has 30 heavy (non-hydrogen) atoms. The molecule has 0 atom stereocenters. The number of rotatable bonds is 5. The molecule has 2 aromatic rings. The summed E-state index contributed by atoms with van der Waals surface area (Å²) in [5, 5.41) is 8.78. The zero-order valence-electron chi connectivity index (χ0n) is 17.5. The number of hydrogen-bond acceptors (Lipinski definition) is 3. The van der Waals surface area contributed by atoms with Gasteiger partial charge in [0.1, 0.15) is 0 Å². The summed E-state index contributed by atoms with van der Waals surface area (Å²) in [4.78, 5) is 27.0. The van der Waals surface area contributed by atoms with Crippen LogP contribution in [-0.2, 0) is 6.54 Å². The fourth-order valence-electron chi connectivity index (χ4n) is 3.11. The maximum absolute atomic E-state index is 12.7. The number of urea groups is 1. The predicted molar refractivity (Wildman–Crippen MR) is 122 cm³/mol. The van der Waals surface area contributed by atoms with Crippen LogP contribution in [0.2, 0.25) is 5.02 Å². The van der Waals surface area contributed by atoms with Crippen LogP contribution in [0.3, 0.4) is 0 Å². The lowest BCUT2D eigenvalue weighted by molar-refractivity contribution is 0.0951. The molecule has 158 valence electrons. The van der Waals surface area contributed by atoms with Gasteiger partial charge in [-0.15, -0.1) is 0 Å². The van der Waals surface area contributed by atoms with Gasteiger partial charge in [0.05, 0.1) is 10.6 Å². The van der Waals surface area contributed by atoms with Crippen molar-refractivity contribution >= 4 is 34.9 Å². The van der Waals surface area contributed by atoms with Crippen molar-refractivity contribution in [3.8, 4) is 0 Å². The number of carbonyl (C=O) groups excluding carboxylic acids is 2. The van der Waals surface area contributed by atoms with Crippen molar-refractivity contribution in [1.82, 2.24) is 10.6 Å². The number of amides is 3. The van der Waals surface area contributed by atoms with Crippen LogP contribution in [0.15, 0.2) is 54.6 Å². The molecule has 0 saturated carbocycles. The molecule has 6 nitrogen and oxygen atoms in total. The Labute approximate surface area is 182 Å². The lowest BCUT2D eigenvalue weighted by Gasteiger charge is -2.21. The molecular weight excluding hydrogens is 400 g/mol. The maximum Gasteiger partial charge on any atom is 0.319 e. The first-order valence-electron chi connectivity index (χ1n) is 9.87. The Morgan fingerprint density at radius 1 is 1.07 bits per heavy atom.